The molecule has 0 amide bonds. The van der Waals surface area contributed by atoms with Crippen molar-refractivity contribution in [3.05, 3.63) is 59.9 Å². The molecule has 1 atom stereocenters. The highest BCUT2D eigenvalue weighted by Gasteiger charge is 2.31. The normalized spacial score (nSPS) is 13.0. The molecule has 0 aliphatic heterocycles. The molecule has 1 aromatic carbocycles. The predicted molar refractivity (Wildman–Crippen MR) is 68.0 cm³/mol. The van der Waals surface area contributed by atoms with Gasteiger partial charge in [0, 0.05) is 18.4 Å². The average molecular weight is 282 g/mol. The van der Waals surface area contributed by atoms with Gasteiger partial charge in [-0.15, -0.1) is 13.2 Å². The van der Waals surface area contributed by atoms with Gasteiger partial charge >= 0.3 is 6.36 Å². The first-order chi connectivity index (χ1) is 9.44. The molecule has 3 nitrogen and oxygen atoms in total. The zero-order valence-corrected chi connectivity index (χ0v) is 10.5. The molecule has 1 heterocycles. The van der Waals surface area contributed by atoms with E-state index in [1.54, 1.807) is 18.5 Å². The Labute approximate surface area is 114 Å². The van der Waals surface area contributed by atoms with E-state index in [1.165, 1.54) is 18.2 Å². The van der Waals surface area contributed by atoms with Crippen molar-refractivity contribution in [3.8, 4) is 5.75 Å². The minimum Gasteiger partial charge on any atom is -0.406 e. The van der Waals surface area contributed by atoms with E-state index < -0.39 is 12.4 Å². The molecule has 0 fully saturated rings. The summed E-state index contributed by atoms with van der Waals surface area (Å²) in [5.74, 6) is -0.264. The molecule has 20 heavy (non-hydrogen) atoms. The van der Waals surface area contributed by atoms with Crippen LogP contribution in [-0.2, 0) is 6.42 Å². The fourth-order valence-electron chi connectivity index (χ4n) is 1.83. The third-order valence-electron chi connectivity index (χ3n) is 2.72. The van der Waals surface area contributed by atoms with Crippen LogP contribution in [0, 0.1) is 0 Å². The van der Waals surface area contributed by atoms with Crippen LogP contribution < -0.4 is 10.5 Å². The number of rotatable bonds is 4. The zero-order chi connectivity index (χ0) is 14.6. The van der Waals surface area contributed by atoms with Gasteiger partial charge in [-0.1, -0.05) is 12.1 Å². The number of nitrogens with two attached hydrogens (primary N) is 1. The van der Waals surface area contributed by atoms with Gasteiger partial charge in [-0.2, -0.15) is 0 Å². The quantitative estimate of drug-likeness (QED) is 0.936. The molecule has 0 saturated carbocycles. The van der Waals surface area contributed by atoms with E-state index in [4.69, 9.17) is 5.73 Å². The molecule has 2 rings (SSSR count). The summed E-state index contributed by atoms with van der Waals surface area (Å²) in [6, 6.07) is 8.94. The van der Waals surface area contributed by atoms with Crippen molar-refractivity contribution in [3.63, 3.8) is 0 Å². The van der Waals surface area contributed by atoms with E-state index in [9.17, 15) is 13.2 Å². The molecule has 0 saturated heterocycles. The lowest BCUT2D eigenvalue weighted by Crippen LogP contribution is -2.18. The molecular formula is C14H13F3N2O. The Balaban J connectivity index is 2.10. The molecule has 106 valence electrons. The van der Waals surface area contributed by atoms with Crippen LogP contribution in [0.15, 0.2) is 48.8 Å². The first kappa shape index (κ1) is 14.3. The van der Waals surface area contributed by atoms with Crippen molar-refractivity contribution in [1.82, 2.24) is 4.98 Å². The van der Waals surface area contributed by atoms with Crippen molar-refractivity contribution in [2.75, 3.05) is 0 Å². The lowest BCUT2D eigenvalue weighted by atomic mass is 10.0. The summed E-state index contributed by atoms with van der Waals surface area (Å²) < 4.78 is 40.4. The summed E-state index contributed by atoms with van der Waals surface area (Å²) in [7, 11) is 0. The lowest BCUT2D eigenvalue weighted by Gasteiger charge is -2.14. The second-order valence-electron chi connectivity index (χ2n) is 4.29. The van der Waals surface area contributed by atoms with Crippen molar-refractivity contribution >= 4 is 0 Å². The molecule has 0 aliphatic rings. The molecule has 1 aromatic heterocycles. The topological polar surface area (TPSA) is 48.1 Å². The van der Waals surface area contributed by atoms with Gasteiger partial charge in [0.2, 0.25) is 0 Å². The molecule has 1 unspecified atom stereocenters. The molecule has 0 aliphatic carbocycles. The number of alkyl halides is 3. The maximum atomic E-state index is 12.2. The number of aromatic nitrogens is 1. The third kappa shape index (κ3) is 4.24. The van der Waals surface area contributed by atoms with Gasteiger partial charge in [0.1, 0.15) is 5.75 Å². The van der Waals surface area contributed by atoms with Crippen molar-refractivity contribution < 1.29 is 17.9 Å². The second kappa shape index (κ2) is 5.92. The summed E-state index contributed by atoms with van der Waals surface area (Å²) >= 11 is 0. The van der Waals surface area contributed by atoms with Gasteiger partial charge in [0.25, 0.3) is 0 Å². The van der Waals surface area contributed by atoms with E-state index in [-0.39, 0.29) is 5.75 Å². The molecule has 6 heteroatoms. The summed E-state index contributed by atoms with van der Waals surface area (Å²) in [6.45, 7) is 0. The lowest BCUT2D eigenvalue weighted by molar-refractivity contribution is -0.274. The molecule has 0 bridgehead atoms. The summed E-state index contributed by atoms with van der Waals surface area (Å²) in [6.07, 6.45) is -0.901. The zero-order valence-electron chi connectivity index (χ0n) is 10.5. The fraction of sp³-hybridized carbons (Fsp3) is 0.214. The SMILES string of the molecule is NC(Cc1ccncc1)c1cccc(OC(F)(F)F)c1. The molecule has 0 radical (unpaired) electrons. The second-order valence-corrected chi connectivity index (χ2v) is 4.29. The first-order valence-corrected chi connectivity index (χ1v) is 5.94. The number of hydrogen-bond donors (Lipinski definition) is 1. The van der Waals surface area contributed by atoms with E-state index in [2.05, 4.69) is 9.72 Å². The number of halogens is 3. The van der Waals surface area contributed by atoms with Crippen LogP contribution in [0.5, 0.6) is 5.75 Å². The van der Waals surface area contributed by atoms with E-state index in [0.717, 1.165) is 5.56 Å². The van der Waals surface area contributed by atoms with Gasteiger partial charge in [-0.05, 0) is 41.8 Å². The maximum absolute atomic E-state index is 12.2. The van der Waals surface area contributed by atoms with E-state index >= 15 is 0 Å². The van der Waals surface area contributed by atoms with E-state index in [1.807, 2.05) is 12.1 Å². The third-order valence-corrected chi connectivity index (χ3v) is 2.72. The van der Waals surface area contributed by atoms with E-state index in [0.29, 0.717) is 12.0 Å². The predicted octanol–water partition coefficient (Wildman–Crippen LogP) is 3.22. The highest BCUT2D eigenvalue weighted by molar-refractivity contribution is 5.31. The molecular weight excluding hydrogens is 269 g/mol. The van der Waals surface area contributed by atoms with Crippen LogP contribution in [0.4, 0.5) is 13.2 Å². The Morgan fingerprint density at radius 3 is 2.50 bits per heavy atom. The van der Waals surface area contributed by atoms with Gasteiger partial charge in [-0.3, -0.25) is 4.98 Å². The highest BCUT2D eigenvalue weighted by atomic mass is 19.4. The number of nitrogens with zero attached hydrogens (tertiary/aromatic N) is 1. The standard InChI is InChI=1S/C14H13F3N2O/c15-14(16,17)20-12-3-1-2-11(9-12)13(18)8-10-4-6-19-7-5-10/h1-7,9,13H,8,18H2. The number of hydrogen-bond acceptors (Lipinski definition) is 3. The first-order valence-electron chi connectivity index (χ1n) is 5.94. The van der Waals surface area contributed by atoms with Crippen LogP contribution in [0.25, 0.3) is 0 Å². The Morgan fingerprint density at radius 1 is 1.15 bits per heavy atom. The van der Waals surface area contributed by atoms with Gasteiger partial charge in [0.05, 0.1) is 0 Å². The van der Waals surface area contributed by atoms with Crippen molar-refractivity contribution in [2.45, 2.75) is 18.8 Å². The highest BCUT2D eigenvalue weighted by Crippen LogP contribution is 2.25. The monoisotopic (exact) mass is 282 g/mol. The number of benzene rings is 1. The minimum atomic E-state index is -4.70. The summed E-state index contributed by atoms with van der Waals surface area (Å²) in [5, 5.41) is 0. The van der Waals surface area contributed by atoms with Gasteiger partial charge in [0.15, 0.2) is 0 Å². The van der Waals surface area contributed by atoms with Crippen molar-refractivity contribution in [1.29, 1.82) is 0 Å². The summed E-state index contributed by atoms with van der Waals surface area (Å²) in [5.41, 5.74) is 7.56. The Morgan fingerprint density at radius 2 is 1.85 bits per heavy atom. The van der Waals surface area contributed by atoms with Gasteiger partial charge in [-0.25, -0.2) is 0 Å². The van der Waals surface area contributed by atoms with Crippen LogP contribution in [0.3, 0.4) is 0 Å². The molecule has 2 N–H and O–H groups in total. The largest absolute Gasteiger partial charge is 0.573 e. The number of pyridine rings is 1. The van der Waals surface area contributed by atoms with Crippen LogP contribution >= 0.6 is 0 Å². The van der Waals surface area contributed by atoms with Gasteiger partial charge < -0.3 is 10.5 Å². The minimum absolute atomic E-state index is 0.264. The Hall–Kier alpha value is -2.08. The maximum Gasteiger partial charge on any atom is 0.573 e. The van der Waals surface area contributed by atoms with Crippen LogP contribution in [-0.4, -0.2) is 11.3 Å². The van der Waals surface area contributed by atoms with Crippen molar-refractivity contribution in [2.24, 2.45) is 5.73 Å². The van der Waals surface area contributed by atoms with Crippen LogP contribution in [0.2, 0.25) is 0 Å². The summed E-state index contributed by atoms with van der Waals surface area (Å²) in [4.78, 5) is 3.89. The molecule has 0 spiro atoms. The number of ether oxygens (including phenoxy) is 1. The smallest absolute Gasteiger partial charge is 0.406 e. The Bertz CT molecular complexity index is 558. The molecule has 2 aromatic rings. The van der Waals surface area contributed by atoms with Crippen LogP contribution in [0.1, 0.15) is 17.2 Å². The fourth-order valence-corrected chi connectivity index (χ4v) is 1.83. The average Bonchev–Trinajstić information content (AvgIpc) is 2.38. The Kier molecular flexibility index (Phi) is 4.24.